The third-order valence-electron chi connectivity index (χ3n) is 1.57. The molecule has 5 heteroatoms. The maximum absolute atomic E-state index is 10.9. The molecule has 0 atom stereocenters. The van der Waals surface area contributed by atoms with Crippen molar-refractivity contribution < 1.29 is 9.59 Å². The second-order valence-corrected chi connectivity index (χ2v) is 2.71. The van der Waals surface area contributed by atoms with Crippen molar-refractivity contribution in [3.8, 4) is 0 Å². The van der Waals surface area contributed by atoms with Crippen LogP contribution in [-0.2, 0) is 9.59 Å². The normalized spacial score (nSPS) is 18.0. The second kappa shape index (κ2) is 2.58. The van der Waals surface area contributed by atoms with Crippen molar-refractivity contribution in [2.45, 2.75) is 6.92 Å². The number of nitrogens with zero attached hydrogens (tertiary/aromatic N) is 2. The van der Waals surface area contributed by atoms with Gasteiger partial charge in [0.1, 0.15) is 6.54 Å². The van der Waals surface area contributed by atoms with E-state index in [4.69, 9.17) is 12.2 Å². The van der Waals surface area contributed by atoms with Crippen LogP contribution in [0.15, 0.2) is 0 Å². The summed E-state index contributed by atoms with van der Waals surface area (Å²) in [7, 11) is 1.56. The number of thiocarbonyl (C=S) groups is 1. The number of hydrogen-bond donors (Lipinski definition) is 0. The summed E-state index contributed by atoms with van der Waals surface area (Å²) in [6.07, 6.45) is 0. The number of hydrogen-bond acceptors (Lipinski definition) is 3. The van der Waals surface area contributed by atoms with Crippen LogP contribution in [0.3, 0.4) is 0 Å². The molecule has 0 aliphatic carbocycles. The van der Waals surface area contributed by atoms with Gasteiger partial charge in [0.05, 0.1) is 0 Å². The predicted octanol–water partition coefficient (Wildman–Crippen LogP) is -0.408. The average molecular weight is 172 g/mol. The summed E-state index contributed by atoms with van der Waals surface area (Å²) in [5.41, 5.74) is 0. The Balaban J connectivity index is 2.83. The highest BCUT2D eigenvalue weighted by Crippen LogP contribution is 2.07. The Morgan fingerprint density at radius 3 is 2.36 bits per heavy atom. The van der Waals surface area contributed by atoms with Crippen LogP contribution in [0.5, 0.6) is 0 Å². The Bertz CT molecular complexity index is 239. The van der Waals surface area contributed by atoms with Gasteiger partial charge < -0.3 is 0 Å². The molecule has 1 rings (SSSR count). The van der Waals surface area contributed by atoms with Crippen molar-refractivity contribution in [2.24, 2.45) is 0 Å². The fourth-order valence-electron chi connectivity index (χ4n) is 0.843. The molecule has 0 aromatic heterocycles. The Morgan fingerprint density at radius 1 is 1.64 bits per heavy atom. The van der Waals surface area contributed by atoms with Gasteiger partial charge in [-0.25, -0.2) is 0 Å². The summed E-state index contributed by atoms with van der Waals surface area (Å²) in [4.78, 5) is 24.3. The Labute approximate surface area is 69.8 Å². The summed E-state index contributed by atoms with van der Waals surface area (Å²) in [5.74, 6) is -0.321. The highest BCUT2D eigenvalue weighted by atomic mass is 32.1. The van der Waals surface area contributed by atoms with E-state index in [2.05, 4.69) is 0 Å². The lowest BCUT2D eigenvalue weighted by atomic mass is 10.5. The van der Waals surface area contributed by atoms with E-state index in [9.17, 15) is 9.59 Å². The molecule has 1 aliphatic heterocycles. The molecule has 0 N–H and O–H groups in total. The van der Waals surface area contributed by atoms with Crippen LogP contribution in [0.25, 0.3) is 0 Å². The zero-order chi connectivity index (χ0) is 8.59. The van der Waals surface area contributed by atoms with Gasteiger partial charge in [-0.1, -0.05) is 0 Å². The number of rotatable bonds is 0. The lowest BCUT2D eigenvalue weighted by molar-refractivity contribution is -0.129. The average Bonchev–Trinajstić information content (AvgIpc) is 2.17. The minimum Gasteiger partial charge on any atom is -0.290 e. The van der Waals surface area contributed by atoms with Gasteiger partial charge in [-0.05, 0) is 12.2 Å². The highest BCUT2D eigenvalue weighted by Gasteiger charge is 2.31. The quantitative estimate of drug-likeness (QED) is 0.466. The topological polar surface area (TPSA) is 40.6 Å². The van der Waals surface area contributed by atoms with Gasteiger partial charge in [0, 0.05) is 14.0 Å². The third-order valence-corrected chi connectivity index (χ3v) is 2.06. The fraction of sp³-hybridized carbons (Fsp3) is 0.500. The van der Waals surface area contributed by atoms with Gasteiger partial charge in [0.25, 0.3) is 0 Å². The minimum atomic E-state index is -0.187. The largest absolute Gasteiger partial charge is 0.290 e. The Hall–Kier alpha value is -0.970. The number of amides is 2. The first-order valence-electron chi connectivity index (χ1n) is 3.12. The Morgan fingerprint density at radius 2 is 2.18 bits per heavy atom. The number of carbonyl (C=O) groups excluding carboxylic acids is 2. The first-order chi connectivity index (χ1) is 5.04. The zero-order valence-corrected chi connectivity index (χ0v) is 7.14. The number of carbonyl (C=O) groups is 2. The molecule has 0 radical (unpaired) electrons. The summed E-state index contributed by atoms with van der Waals surface area (Å²) >= 11 is 4.83. The van der Waals surface area contributed by atoms with E-state index in [1.54, 1.807) is 7.05 Å². The van der Waals surface area contributed by atoms with E-state index < -0.39 is 0 Å². The summed E-state index contributed by atoms with van der Waals surface area (Å²) in [6.45, 7) is 1.48. The standard InChI is InChI=1S/C6H8N2O2S/c1-4(9)8-3-5(10)7(2)6(8)11/h3H2,1-2H3. The molecule has 0 aromatic carbocycles. The molecule has 60 valence electrons. The molecule has 1 fully saturated rings. The van der Waals surface area contributed by atoms with Crippen LogP contribution in [0.1, 0.15) is 6.92 Å². The van der Waals surface area contributed by atoms with E-state index in [-0.39, 0.29) is 18.4 Å². The van der Waals surface area contributed by atoms with E-state index in [1.165, 1.54) is 16.7 Å². The van der Waals surface area contributed by atoms with Gasteiger partial charge in [-0.15, -0.1) is 0 Å². The van der Waals surface area contributed by atoms with Gasteiger partial charge in [-0.3, -0.25) is 19.4 Å². The molecular weight excluding hydrogens is 164 g/mol. The minimum absolute atomic E-state index is 0.0880. The molecule has 0 bridgehead atoms. The van der Waals surface area contributed by atoms with Gasteiger partial charge in [-0.2, -0.15) is 0 Å². The molecule has 0 spiro atoms. The monoisotopic (exact) mass is 172 g/mol. The highest BCUT2D eigenvalue weighted by molar-refractivity contribution is 7.80. The third kappa shape index (κ3) is 1.23. The summed E-state index contributed by atoms with van der Waals surface area (Å²) in [6, 6.07) is 0. The van der Waals surface area contributed by atoms with Crippen LogP contribution >= 0.6 is 12.2 Å². The lowest BCUT2D eigenvalue weighted by Gasteiger charge is -2.12. The molecule has 0 unspecified atom stereocenters. The molecule has 0 aromatic rings. The molecule has 11 heavy (non-hydrogen) atoms. The lowest BCUT2D eigenvalue weighted by Crippen LogP contribution is -2.32. The maximum atomic E-state index is 10.9. The SMILES string of the molecule is CC(=O)N1CC(=O)N(C)C1=S. The molecule has 1 heterocycles. The maximum Gasteiger partial charge on any atom is 0.248 e. The van der Waals surface area contributed by atoms with Crippen molar-refractivity contribution in [1.29, 1.82) is 0 Å². The van der Waals surface area contributed by atoms with Crippen LogP contribution in [0, 0.1) is 0 Å². The van der Waals surface area contributed by atoms with E-state index in [0.29, 0.717) is 5.11 Å². The van der Waals surface area contributed by atoms with Gasteiger partial charge in [0.2, 0.25) is 11.8 Å². The molecular formula is C6H8N2O2S. The predicted molar refractivity (Wildman–Crippen MR) is 42.8 cm³/mol. The van der Waals surface area contributed by atoms with Crippen LogP contribution in [0.2, 0.25) is 0 Å². The fourth-order valence-corrected chi connectivity index (χ4v) is 1.14. The second-order valence-electron chi connectivity index (χ2n) is 2.34. The van der Waals surface area contributed by atoms with Gasteiger partial charge >= 0.3 is 0 Å². The van der Waals surface area contributed by atoms with Crippen molar-refractivity contribution in [3.05, 3.63) is 0 Å². The van der Waals surface area contributed by atoms with Crippen molar-refractivity contribution in [1.82, 2.24) is 9.80 Å². The summed E-state index contributed by atoms with van der Waals surface area (Å²) in [5, 5.41) is 0.294. The van der Waals surface area contributed by atoms with E-state index in [0.717, 1.165) is 0 Å². The van der Waals surface area contributed by atoms with Crippen molar-refractivity contribution >= 4 is 29.1 Å². The van der Waals surface area contributed by atoms with Crippen LogP contribution in [-0.4, -0.2) is 40.3 Å². The number of likely N-dealkylation sites (N-methyl/N-ethyl adjacent to an activating group) is 1. The summed E-state index contributed by atoms with van der Waals surface area (Å²) < 4.78 is 0. The van der Waals surface area contributed by atoms with Crippen molar-refractivity contribution in [2.75, 3.05) is 13.6 Å². The van der Waals surface area contributed by atoms with E-state index in [1.807, 2.05) is 0 Å². The van der Waals surface area contributed by atoms with Crippen LogP contribution in [0.4, 0.5) is 0 Å². The molecule has 0 saturated carbocycles. The Kier molecular flexibility index (Phi) is 1.90. The molecule has 4 nitrogen and oxygen atoms in total. The first-order valence-corrected chi connectivity index (χ1v) is 3.53. The van der Waals surface area contributed by atoms with Crippen molar-refractivity contribution in [3.63, 3.8) is 0 Å². The zero-order valence-electron chi connectivity index (χ0n) is 6.33. The first kappa shape index (κ1) is 8.13. The molecule has 1 aliphatic rings. The smallest absolute Gasteiger partial charge is 0.248 e. The van der Waals surface area contributed by atoms with E-state index >= 15 is 0 Å². The van der Waals surface area contributed by atoms with Gasteiger partial charge in [0.15, 0.2) is 5.11 Å². The van der Waals surface area contributed by atoms with Crippen LogP contribution < -0.4 is 0 Å². The molecule has 1 saturated heterocycles. The molecule has 2 amide bonds.